The summed E-state index contributed by atoms with van der Waals surface area (Å²) in [7, 11) is 3.24. The van der Waals surface area contributed by atoms with Gasteiger partial charge in [-0.3, -0.25) is 0 Å². The van der Waals surface area contributed by atoms with Gasteiger partial charge in [-0.05, 0) is 24.6 Å². The van der Waals surface area contributed by atoms with Crippen LogP contribution in [0.15, 0.2) is 30.6 Å². The Balaban J connectivity index is 1.97. The van der Waals surface area contributed by atoms with Crippen molar-refractivity contribution in [3.63, 3.8) is 0 Å². The van der Waals surface area contributed by atoms with Gasteiger partial charge in [0.05, 0.1) is 19.6 Å². The molecule has 0 saturated carbocycles. The molecule has 0 unspecified atom stereocenters. The minimum atomic E-state index is 0.678. The van der Waals surface area contributed by atoms with Crippen molar-refractivity contribution >= 4 is 33.1 Å². The van der Waals surface area contributed by atoms with E-state index in [0.29, 0.717) is 11.5 Å². The Bertz CT molecular complexity index is 801. The summed E-state index contributed by atoms with van der Waals surface area (Å²) in [5, 5.41) is 4.37. The lowest BCUT2D eigenvalue weighted by Crippen LogP contribution is -1.96. The second kappa shape index (κ2) is 6.19. The number of fused-ring (bicyclic) bond motifs is 1. The normalized spacial score (nSPS) is 10.7. The van der Waals surface area contributed by atoms with Gasteiger partial charge in [0.1, 0.15) is 17.0 Å². The summed E-state index contributed by atoms with van der Waals surface area (Å²) in [5.74, 6) is 2.18. The lowest BCUT2D eigenvalue weighted by Gasteiger charge is -2.11. The fourth-order valence-electron chi connectivity index (χ4n) is 2.23. The summed E-state index contributed by atoms with van der Waals surface area (Å²) >= 11 is 1.70. The molecule has 3 rings (SSSR count). The first kappa shape index (κ1) is 14.6. The van der Waals surface area contributed by atoms with Crippen molar-refractivity contribution in [2.45, 2.75) is 13.3 Å². The third kappa shape index (κ3) is 2.69. The molecule has 3 aromatic rings. The molecule has 114 valence electrons. The third-order valence-corrected chi connectivity index (χ3v) is 4.56. The van der Waals surface area contributed by atoms with E-state index in [1.165, 1.54) is 4.88 Å². The Morgan fingerprint density at radius 2 is 1.91 bits per heavy atom. The molecule has 0 saturated heterocycles. The molecule has 2 heterocycles. The molecule has 0 aliphatic heterocycles. The SMILES string of the molecule is CCc1cc2c(Nc3ccc(OC)c(OC)c3)ncnc2s1. The van der Waals surface area contributed by atoms with Crippen molar-refractivity contribution in [3.8, 4) is 11.5 Å². The van der Waals surface area contributed by atoms with Crippen molar-refractivity contribution in [3.05, 3.63) is 35.5 Å². The van der Waals surface area contributed by atoms with Gasteiger partial charge in [-0.1, -0.05) is 6.92 Å². The number of aryl methyl sites for hydroxylation is 1. The lowest BCUT2D eigenvalue weighted by molar-refractivity contribution is 0.355. The highest BCUT2D eigenvalue weighted by Gasteiger charge is 2.10. The monoisotopic (exact) mass is 315 g/mol. The predicted octanol–water partition coefficient (Wildman–Crippen LogP) is 4.01. The number of methoxy groups -OCH3 is 2. The lowest BCUT2D eigenvalue weighted by atomic mass is 10.2. The summed E-state index contributed by atoms with van der Waals surface area (Å²) < 4.78 is 10.6. The zero-order valence-electron chi connectivity index (χ0n) is 12.7. The van der Waals surface area contributed by atoms with E-state index in [9.17, 15) is 0 Å². The summed E-state index contributed by atoms with van der Waals surface area (Å²) in [6.07, 6.45) is 2.58. The van der Waals surface area contributed by atoms with E-state index in [4.69, 9.17) is 9.47 Å². The molecule has 0 aliphatic rings. The van der Waals surface area contributed by atoms with E-state index < -0.39 is 0 Å². The van der Waals surface area contributed by atoms with E-state index in [1.807, 2.05) is 18.2 Å². The summed E-state index contributed by atoms with van der Waals surface area (Å²) in [4.78, 5) is 11.0. The molecular weight excluding hydrogens is 298 g/mol. The van der Waals surface area contributed by atoms with Gasteiger partial charge >= 0.3 is 0 Å². The average Bonchev–Trinajstić information content (AvgIpc) is 2.99. The summed E-state index contributed by atoms with van der Waals surface area (Å²) in [5.41, 5.74) is 0.891. The number of nitrogens with one attached hydrogen (secondary N) is 1. The molecule has 0 amide bonds. The Morgan fingerprint density at radius 1 is 1.09 bits per heavy atom. The van der Waals surface area contributed by atoms with Crippen molar-refractivity contribution in [2.75, 3.05) is 19.5 Å². The van der Waals surface area contributed by atoms with E-state index in [0.717, 1.165) is 28.1 Å². The van der Waals surface area contributed by atoms with Gasteiger partial charge in [0.2, 0.25) is 0 Å². The summed E-state index contributed by atoms with van der Waals surface area (Å²) in [6, 6.07) is 7.83. The molecule has 1 N–H and O–H groups in total. The molecule has 1 aromatic carbocycles. The maximum absolute atomic E-state index is 5.33. The highest BCUT2D eigenvalue weighted by molar-refractivity contribution is 7.18. The Kier molecular flexibility index (Phi) is 4.11. The number of ether oxygens (including phenoxy) is 2. The predicted molar refractivity (Wildman–Crippen MR) is 89.6 cm³/mol. The Hall–Kier alpha value is -2.34. The van der Waals surface area contributed by atoms with Crippen LogP contribution < -0.4 is 14.8 Å². The van der Waals surface area contributed by atoms with Gasteiger partial charge in [-0.25, -0.2) is 9.97 Å². The zero-order chi connectivity index (χ0) is 15.5. The number of aromatic nitrogens is 2. The largest absolute Gasteiger partial charge is 0.493 e. The fraction of sp³-hybridized carbons (Fsp3) is 0.250. The van der Waals surface area contributed by atoms with Gasteiger partial charge in [-0.2, -0.15) is 0 Å². The number of hydrogen-bond acceptors (Lipinski definition) is 6. The second-order valence-corrected chi connectivity index (χ2v) is 5.82. The molecule has 22 heavy (non-hydrogen) atoms. The standard InChI is InChI=1S/C16H17N3O2S/c1-4-11-8-12-15(17-9-18-16(12)22-11)19-10-5-6-13(20-2)14(7-10)21-3/h5-9H,4H2,1-3H3,(H,17,18,19). The molecule has 0 atom stereocenters. The average molecular weight is 315 g/mol. The van der Waals surface area contributed by atoms with Gasteiger partial charge in [-0.15, -0.1) is 11.3 Å². The topological polar surface area (TPSA) is 56.3 Å². The minimum absolute atomic E-state index is 0.678. The van der Waals surface area contributed by atoms with E-state index in [1.54, 1.807) is 31.9 Å². The molecule has 6 heteroatoms. The van der Waals surface area contributed by atoms with E-state index in [2.05, 4.69) is 28.3 Å². The van der Waals surface area contributed by atoms with Crippen molar-refractivity contribution in [2.24, 2.45) is 0 Å². The summed E-state index contributed by atoms with van der Waals surface area (Å²) in [6.45, 7) is 2.14. The molecule has 0 aliphatic carbocycles. The van der Waals surface area contributed by atoms with Crippen LogP contribution in [0, 0.1) is 0 Å². The first-order chi connectivity index (χ1) is 10.7. The van der Waals surface area contributed by atoms with Crippen LogP contribution in [0.2, 0.25) is 0 Å². The Labute approximate surface area is 132 Å². The molecular formula is C16H17N3O2S. The number of benzene rings is 1. The van der Waals surface area contributed by atoms with Crippen molar-refractivity contribution in [1.29, 1.82) is 0 Å². The highest BCUT2D eigenvalue weighted by Crippen LogP contribution is 2.33. The molecule has 0 bridgehead atoms. The maximum atomic E-state index is 5.33. The van der Waals surface area contributed by atoms with Gasteiger partial charge < -0.3 is 14.8 Å². The minimum Gasteiger partial charge on any atom is -0.493 e. The quantitative estimate of drug-likeness (QED) is 0.771. The van der Waals surface area contributed by atoms with Crippen LogP contribution in [0.4, 0.5) is 11.5 Å². The van der Waals surface area contributed by atoms with Crippen molar-refractivity contribution in [1.82, 2.24) is 9.97 Å². The van der Waals surface area contributed by atoms with Crippen LogP contribution >= 0.6 is 11.3 Å². The van der Waals surface area contributed by atoms with Crippen LogP contribution in [0.25, 0.3) is 10.2 Å². The Morgan fingerprint density at radius 3 is 2.64 bits per heavy atom. The van der Waals surface area contributed by atoms with Crippen LogP contribution in [0.1, 0.15) is 11.8 Å². The van der Waals surface area contributed by atoms with E-state index >= 15 is 0 Å². The fourth-order valence-corrected chi connectivity index (χ4v) is 3.16. The number of rotatable bonds is 5. The molecule has 0 spiro atoms. The molecule has 5 nitrogen and oxygen atoms in total. The second-order valence-electron chi connectivity index (χ2n) is 4.70. The number of hydrogen-bond donors (Lipinski definition) is 1. The van der Waals surface area contributed by atoms with Gasteiger partial charge in [0, 0.05) is 16.6 Å². The number of thiophene rings is 1. The van der Waals surface area contributed by atoms with Gasteiger partial charge in [0.25, 0.3) is 0 Å². The maximum Gasteiger partial charge on any atom is 0.162 e. The first-order valence-electron chi connectivity index (χ1n) is 6.97. The smallest absolute Gasteiger partial charge is 0.162 e. The van der Waals surface area contributed by atoms with Crippen molar-refractivity contribution < 1.29 is 9.47 Å². The van der Waals surface area contributed by atoms with Crippen LogP contribution in [0.5, 0.6) is 11.5 Å². The van der Waals surface area contributed by atoms with E-state index in [-0.39, 0.29) is 0 Å². The van der Waals surface area contributed by atoms with Crippen LogP contribution in [0.3, 0.4) is 0 Å². The van der Waals surface area contributed by atoms with Crippen LogP contribution in [-0.4, -0.2) is 24.2 Å². The third-order valence-electron chi connectivity index (χ3n) is 3.38. The van der Waals surface area contributed by atoms with Crippen LogP contribution in [-0.2, 0) is 6.42 Å². The molecule has 0 radical (unpaired) electrons. The van der Waals surface area contributed by atoms with Gasteiger partial charge in [0.15, 0.2) is 11.5 Å². The first-order valence-corrected chi connectivity index (χ1v) is 7.79. The zero-order valence-corrected chi connectivity index (χ0v) is 13.5. The highest BCUT2D eigenvalue weighted by atomic mass is 32.1. The number of anilines is 2. The number of nitrogens with zero attached hydrogens (tertiary/aromatic N) is 2. The molecule has 0 fully saturated rings. The molecule has 2 aromatic heterocycles.